The molecule has 0 radical (unpaired) electrons. The molecule has 7 heteroatoms. The van der Waals surface area contributed by atoms with Crippen LogP contribution in [-0.4, -0.2) is 41.3 Å². The largest absolute Gasteiger partial charge is 0.496 e. The molecule has 8 bridgehead atoms. The molecule has 2 N–H and O–H groups in total. The molecule has 1 aromatic carbocycles. The van der Waals surface area contributed by atoms with E-state index in [4.69, 9.17) is 24.2 Å². The zero-order chi connectivity index (χ0) is 27.6. The number of nitrogens with one attached hydrogen (secondary N) is 2. The van der Waals surface area contributed by atoms with Crippen molar-refractivity contribution in [2.75, 3.05) is 21.3 Å². The number of methoxy groups -OCH3 is 3. The van der Waals surface area contributed by atoms with Gasteiger partial charge in [0.2, 0.25) is 0 Å². The van der Waals surface area contributed by atoms with Gasteiger partial charge in [-0.3, -0.25) is 0 Å². The Bertz CT molecular complexity index is 1690. The SMILES string of the molecule is CCCCc1c2nc(cc3ccc([nH]3)c(-c3c(OC)cc(OC)cc3OC)c3ccc(cc4nc1C=C4)[nH]3)C=C2. The number of aromatic amines is 2. The third kappa shape index (κ3) is 4.75. The van der Waals surface area contributed by atoms with Crippen molar-refractivity contribution < 1.29 is 14.2 Å². The van der Waals surface area contributed by atoms with Crippen molar-refractivity contribution >= 4 is 46.4 Å². The smallest absolute Gasteiger partial charge is 0.134 e. The minimum Gasteiger partial charge on any atom is -0.496 e. The first-order valence-electron chi connectivity index (χ1n) is 13.5. The number of ether oxygens (including phenoxy) is 3. The number of benzene rings is 1. The van der Waals surface area contributed by atoms with Gasteiger partial charge in [-0.1, -0.05) is 13.3 Å². The van der Waals surface area contributed by atoms with E-state index < -0.39 is 0 Å². The van der Waals surface area contributed by atoms with E-state index in [1.807, 2.05) is 12.1 Å². The lowest BCUT2D eigenvalue weighted by molar-refractivity contribution is 0.377. The van der Waals surface area contributed by atoms with Crippen molar-refractivity contribution in [3.63, 3.8) is 0 Å². The van der Waals surface area contributed by atoms with Crippen LogP contribution in [0.4, 0.5) is 0 Å². The van der Waals surface area contributed by atoms with Crippen LogP contribution in [-0.2, 0) is 6.42 Å². The van der Waals surface area contributed by atoms with Crippen LogP contribution >= 0.6 is 0 Å². The molecule has 2 aliphatic rings. The summed E-state index contributed by atoms with van der Waals surface area (Å²) in [6.07, 6.45) is 11.5. The monoisotopic (exact) mass is 532 g/mol. The Morgan fingerprint density at radius 2 is 1.20 bits per heavy atom. The van der Waals surface area contributed by atoms with Crippen molar-refractivity contribution in [2.45, 2.75) is 26.2 Å². The van der Waals surface area contributed by atoms with Gasteiger partial charge in [-0.25, -0.2) is 9.97 Å². The van der Waals surface area contributed by atoms with Crippen molar-refractivity contribution in [3.8, 4) is 28.4 Å². The first-order chi connectivity index (χ1) is 19.6. The molecule has 202 valence electrons. The van der Waals surface area contributed by atoms with E-state index in [0.29, 0.717) is 17.2 Å². The van der Waals surface area contributed by atoms with Gasteiger partial charge in [0, 0.05) is 45.3 Å². The molecule has 0 unspecified atom stereocenters. The Morgan fingerprint density at radius 1 is 0.650 bits per heavy atom. The van der Waals surface area contributed by atoms with E-state index in [1.54, 1.807) is 21.3 Å². The van der Waals surface area contributed by atoms with Gasteiger partial charge in [0.1, 0.15) is 17.2 Å². The minimum absolute atomic E-state index is 0.640. The lowest BCUT2D eigenvalue weighted by Crippen LogP contribution is -1.96. The van der Waals surface area contributed by atoms with Crippen LogP contribution in [0.5, 0.6) is 17.2 Å². The fraction of sp³-hybridized carbons (Fsp3) is 0.212. The summed E-state index contributed by atoms with van der Waals surface area (Å²) in [6.45, 7) is 2.21. The van der Waals surface area contributed by atoms with Gasteiger partial charge in [-0.15, -0.1) is 0 Å². The summed E-state index contributed by atoms with van der Waals surface area (Å²) in [6, 6.07) is 16.1. The fourth-order valence-corrected chi connectivity index (χ4v) is 5.26. The second-order valence-electron chi connectivity index (χ2n) is 9.82. The van der Waals surface area contributed by atoms with E-state index in [9.17, 15) is 0 Å². The van der Waals surface area contributed by atoms with Crippen LogP contribution in [0.1, 0.15) is 48.1 Å². The highest BCUT2D eigenvalue weighted by Gasteiger charge is 2.19. The van der Waals surface area contributed by atoms with Gasteiger partial charge in [-0.2, -0.15) is 0 Å². The molecule has 6 rings (SSSR count). The summed E-state index contributed by atoms with van der Waals surface area (Å²) in [7, 11) is 4.93. The van der Waals surface area contributed by atoms with E-state index in [-0.39, 0.29) is 0 Å². The Labute approximate surface area is 233 Å². The number of nitrogens with zero attached hydrogens (tertiary/aromatic N) is 2. The Morgan fingerprint density at radius 3 is 1.68 bits per heavy atom. The summed E-state index contributed by atoms with van der Waals surface area (Å²) in [5.41, 5.74) is 10.3. The summed E-state index contributed by atoms with van der Waals surface area (Å²) in [5.74, 6) is 1.93. The molecule has 40 heavy (non-hydrogen) atoms. The first-order valence-corrected chi connectivity index (χ1v) is 13.5. The van der Waals surface area contributed by atoms with Crippen LogP contribution in [0.25, 0.3) is 57.5 Å². The second kappa shape index (κ2) is 10.8. The summed E-state index contributed by atoms with van der Waals surface area (Å²) < 4.78 is 17.2. The maximum absolute atomic E-state index is 5.85. The molecule has 5 heterocycles. The van der Waals surface area contributed by atoms with Gasteiger partial charge < -0.3 is 24.2 Å². The maximum Gasteiger partial charge on any atom is 0.134 e. The summed E-state index contributed by atoms with van der Waals surface area (Å²) >= 11 is 0. The topological polar surface area (TPSA) is 85.1 Å². The average molecular weight is 533 g/mol. The Kier molecular flexibility index (Phi) is 6.86. The number of H-pyrrole nitrogens is 2. The number of unbranched alkanes of at least 4 members (excludes halogenated alkanes) is 1. The van der Waals surface area contributed by atoms with Gasteiger partial charge in [0.05, 0.1) is 49.7 Å². The lowest BCUT2D eigenvalue weighted by atomic mass is 10.0. The molecule has 2 aliphatic heterocycles. The Balaban J connectivity index is 1.70. The predicted octanol–water partition coefficient (Wildman–Crippen LogP) is 7.69. The highest BCUT2D eigenvalue weighted by molar-refractivity contribution is 5.98. The molecular weight excluding hydrogens is 500 g/mol. The highest BCUT2D eigenvalue weighted by atomic mass is 16.5. The van der Waals surface area contributed by atoms with E-state index in [1.165, 1.54) is 5.56 Å². The molecule has 0 saturated heterocycles. The summed E-state index contributed by atoms with van der Waals surface area (Å²) in [4.78, 5) is 17.1. The number of hydrogen-bond acceptors (Lipinski definition) is 5. The molecule has 7 nitrogen and oxygen atoms in total. The van der Waals surface area contributed by atoms with Crippen molar-refractivity contribution in [3.05, 3.63) is 76.9 Å². The molecule has 0 aliphatic carbocycles. The van der Waals surface area contributed by atoms with Gasteiger partial charge in [0.25, 0.3) is 0 Å². The molecule has 3 aromatic heterocycles. The number of aromatic nitrogens is 4. The van der Waals surface area contributed by atoms with Crippen LogP contribution in [0.2, 0.25) is 0 Å². The minimum atomic E-state index is 0.640. The van der Waals surface area contributed by atoms with Gasteiger partial charge >= 0.3 is 0 Å². The zero-order valence-electron chi connectivity index (χ0n) is 23.2. The van der Waals surface area contributed by atoms with Crippen LogP contribution < -0.4 is 14.2 Å². The fourth-order valence-electron chi connectivity index (χ4n) is 5.26. The predicted molar refractivity (Wildman–Crippen MR) is 163 cm³/mol. The highest BCUT2D eigenvalue weighted by Crippen LogP contribution is 2.44. The van der Waals surface area contributed by atoms with Crippen molar-refractivity contribution in [1.82, 2.24) is 19.9 Å². The van der Waals surface area contributed by atoms with Crippen molar-refractivity contribution in [1.29, 1.82) is 0 Å². The quantitative estimate of drug-likeness (QED) is 0.220. The zero-order valence-corrected chi connectivity index (χ0v) is 23.2. The molecule has 4 aromatic rings. The third-order valence-electron chi connectivity index (χ3n) is 7.25. The standard InChI is InChI=1S/C33H32N4O3/c1-5-6-7-25-26-12-8-20(34-26)16-22-10-14-28(36-22)32(33-30(39-3)18-24(38-2)19-31(33)40-4)29-15-11-23(37-29)17-21-9-13-27(25)35-21/h8-19,36-37H,5-7H2,1-4H3. The second-order valence-corrected chi connectivity index (χ2v) is 9.82. The first kappa shape index (κ1) is 25.5. The number of hydrogen-bond donors (Lipinski definition) is 2. The average Bonchev–Trinajstić information content (AvgIpc) is 3.79. The van der Waals surface area contributed by atoms with Crippen LogP contribution in [0.3, 0.4) is 0 Å². The molecule has 0 amide bonds. The van der Waals surface area contributed by atoms with E-state index in [2.05, 4.69) is 77.6 Å². The lowest BCUT2D eigenvalue weighted by Gasteiger charge is -2.15. The molecule has 0 atom stereocenters. The van der Waals surface area contributed by atoms with E-state index >= 15 is 0 Å². The number of rotatable bonds is 7. The van der Waals surface area contributed by atoms with Gasteiger partial charge in [0.15, 0.2) is 0 Å². The van der Waals surface area contributed by atoms with Gasteiger partial charge in [-0.05, 0) is 73.5 Å². The molecule has 0 saturated carbocycles. The third-order valence-corrected chi connectivity index (χ3v) is 7.25. The van der Waals surface area contributed by atoms with E-state index in [0.717, 1.165) is 75.2 Å². The molecule has 0 fully saturated rings. The molecule has 0 spiro atoms. The van der Waals surface area contributed by atoms with Crippen LogP contribution in [0, 0.1) is 0 Å². The number of fused-ring (bicyclic) bond motifs is 8. The summed E-state index contributed by atoms with van der Waals surface area (Å²) in [5, 5.41) is 0. The normalized spacial score (nSPS) is 12.1. The van der Waals surface area contributed by atoms with Crippen molar-refractivity contribution in [2.24, 2.45) is 0 Å². The maximum atomic E-state index is 5.85. The van der Waals surface area contributed by atoms with Crippen LogP contribution in [0.15, 0.2) is 48.5 Å². The molecular formula is C33H32N4O3. The Hall–Kier alpha value is -4.78.